The van der Waals surface area contributed by atoms with Crippen molar-refractivity contribution in [2.45, 2.75) is 45.4 Å². The Morgan fingerprint density at radius 2 is 2.07 bits per heavy atom. The van der Waals surface area contributed by atoms with Crippen molar-refractivity contribution in [2.75, 3.05) is 30.4 Å². The number of hydrogen-bond donors (Lipinski definition) is 2. The van der Waals surface area contributed by atoms with Crippen molar-refractivity contribution in [3.63, 3.8) is 0 Å². The van der Waals surface area contributed by atoms with Crippen LogP contribution >= 0.6 is 0 Å². The number of aromatic nitrogens is 2. The van der Waals surface area contributed by atoms with Crippen LogP contribution in [-0.2, 0) is 17.6 Å². The number of nitrogens with zero attached hydrogens (tertiary/aromatic N) is 4. The number of benzene rings is 1. The summed E-state index contributed by atoms with van der Waals surface area (Å²) in [6, 6.07) is 7.94. The molecular formula is C23H28N6O. The lowest BCUT2D eigenvalue weighted by Gasteiger charge is -2.35. The summed E-state index contributed by atoms with van der Waals surface area (Å²) in [4.78, 5) is 24.2. The van der Waals surface area contributed by atoms with Crippen molar-refractivity contribution in [1.29, 1.82) is 5.26 Å². The van der Waals surface area contributed by atoms with E-state index in [-0.39, 0.29) is 11.8 Å². The number of carbonyl (C=O) groups is 1. The Kier molecular flexibility index (Phi) is 5.84. The molecule has 7 heteroatoms. The minimum atomic E-state index is -0.00958. The summed E-state index contributed by atoms with van der Waals surface area (Å²) in [5, 5.41) is 15.4. The highest BCUT2D eigenvalue weighted by atomic mass is 16.1. The quantitative estimate of drug-likeness (QED) is 0.812. The maximum absolute atomic E-state index is 12.2. The average molecular weight is 405 g/mol. The van der Waals surface area contributed by atoms with Gasteiger partial charge in [-0.15, -0.1) is 0 Å². The highest BCUT2D eigenvalue weighted by molar-refractivity contribution is 5.79. The van der Waals surface area contributed by atoms with Gasteiger partial charge in [-0.3, -0.25) is 4.79 Å². The number of amides is 1. The van der Waals surface area contributed by atoms with Gasteiger partial charge in [0.1, 0.15) is 5.82 Å². The second-order valence-corrected chi connectivity index (χ2v) is 8.17. The molecule has 2 aliphatic rings. The fourth-order valence-electron chi connectivity index (χ4n) is 4.43. The summed E-state index contributed by atoms with van der Waals surface area (Å²) in [5.41, 5.74) is 4.72. The first-order valence-corrected chi connectivity index (χ1v) is 10.7. The molecule has 30 heavy (non-hydrogen) atoms. The molecular weight excluding hydrogens is 376 g/mol. The van der Waals surface area contributed by atoms with E-state index in [0.717, 1.165) is 67.8 Å². The van der Waals surface area contributed by atoms with Crippen molar-refractivity contribution < 1.29 is 4.79 Å². The molecule has 0 saturated carbocycles. The first kappa shape index (κ1) is 20.1. The van der Waals surface area contributed by atoms with Crippen LogP contribution in [0.15, 0.2) is 18.2 Å². The Morgan fingerprint density at radius 1 is 1.23 bits per heavy atom. The summed E-state index contributed by atoms with van der Waals surface area (Å²) >= 11 is 0. The summed E-state index contributed by atoms with van der Waals surface area (Å²) in [5.74, 6) is 1.61. The fourth-order valence-corrected chi connectivity index (χ4v) is 4.43. The topological polar surface area (TPSA) is 93.9 Å². The number of nitrogens with one attached hydrogen (secondary N) is 2. The number of fused-ring (bicyclic) bond motifs is 1. The van der Waals surface area contributed by atoms with Crippen LogP contribution < -0.4 is 15.5 Å². The van der Waals surface area contributed by atoms with Crippen molar-refractivity contribution in [3.8, 4) is 6.07 Å². The molecule has 4 rings (SSSR count). The van der Waals surface area contributed by atoms with Gasteiger partial charge in [-0.05, 0) is 63.1 Å². The maximum atomic E-state index is 12.2. The third-order valence-electron chi connectivity index (χ3n) is 6.11. The normalized spacial score (nSPS) is 18.3. The van der Waals surface area contributed by atoms with E-state index in [1.807, 2.05) is 25.1 Å². The van der Waals surface area contributed by atoms with E-state index in [1.165, 1.54) is 5.56 Å². The lowest BCUT2D eigenvalue weighted by Crippen LogP contribution is -2.43. The minimum Gasteiger partial charge on any atom is -0.359 e. The third-order valence-corrected chi connectivity index (χ3v) is 6.11. The molecule has 2 N–H and O–H groups in total. The van der Waals surface area contributed by atoms with Crippen LogP contribution in [0.5, 0.6) is 0 Å². The number of piperidine rings is 1. The second-order valence-electron chi connectivity index (χ2n) is 8.17. The van der Waals surface area contributed by atoms with E-state index >= 15 is 0 Å². The van der Waals surface area contributed by atoms with E-state index in [9.17, 15) is 10.1 Å². The second kappa shape index (κ2) is 8.70. The molecule has 1 aliphatic heterocycles. The minimum absolute atomic E-state index is 0.00958. The SMILES string of the molecule is CNC(=O)C1CCCN(c2nc(Nc3ccc(C)c(C#N)c3)nc3c2CCCC3)C1. The number of aryl methyl sites for hydroxylation is 2. The number of carbonyl (C=O) groups excluding carboxylic acids is 1. The standard InChI is InChI=1S/C23H28N6O/c1-15-9-10-18(12-17(15)13-24)26-23-27-20-8-4-3-7-19(20)21(28-23)29-11-5-6-16(14-29)22(30)25-2/h9-10,12,16H,3-8,11,14H2,1-2H3,(H,25,30)(H,26,27,28). The van der Waals surface area contributed by atoms with Crippen LogP contribution in [0, 0.1) is 24.2 Å². The average Bonchev–Trinajstić information content (AvgIpc) is 2.79. The van der Waals surface area contributed by atoms with Crippen LogP contribution in [0.1, 0.15) is 48.1 Å². The van der Waals surface area contributed by atoms with Gasteiger partial charge in [0.05, 0.1) is 23.2 Å². The Bertz CT molecular complexity index is 996. The largest absolute Gasteiger partial charge is 0.359 e. The highest BCUT2D eigenvalue weighted by Crippen LogP contribution is 2.32. The summed E-state index contributed by atoms with van der Waals surface area (Å²) in [6.07, 6.45) is 6.09. The van der Waals surface area contributed by atoms with Crippen molar-refractivity contribution in [3.05, 3.63) is 40.6 Å². The number of rotatable bonds is 4. The van der Waals surface area contributed by atoms with Gasteiger partial charge in [-0.1, -0.05) is 6.07 Å². The predicted octanol–water partition coefficient (Wildman–Crippen LogP) is 3.24. The Balaban J connectivity index is 1.67. The van der Waals surface area contributed by atoms with Crippen LogP contribution in [0.3, 0.4) is 0 Å². The van der Waals surface area contributed by atoms with Gasteiger partial charge in [0, 0.05) is 31.4 Å². The van der Waals surface area contributed by atoms with Gasteiger partial charge in [0.2, 0.25) is 11.9 Å². The molecule has 2 heterocycles. The molecule has 0 spiro atoms. The van der Waals surface area contributed by atoms with Crippen LogP contribution in [-0.4, -0.2) is 36.0 Å². The monoisotopic (exact) mass is 404 g/mol. The van der Waals surface area contributed by atoms with Gasteiger partial charge in [0.25, 0.3) is 0 Å². The molecule has 1 amide bonds. The maximum Gasteiger partial charge on any atom is 0.229 e. The molecule has 1 saturated heterocycles. The van der Waals surface area contributed by atoms with E-state index in [4.69, 9.17) is 9.97 Å². The first-order chi connectivity index (χ1) is 14.6. The van der Waals surface area contributed by atoms with Crippen LogP contribution in [0.4, 0.5) is 17.5 Å². The molecule has 1 aromatic heterocycles. The van der Waals surface area contributed by atoms with E-state index in [2.05, 4.69) is 21.6 Å². The molecule has 1 aliphatic carbocycles. The van der Waals surface area contributed by atoms with Gasteiger partial charge < -0.3 is 15.5 Å². The van der Waals surface area contributed by atoms with E-state index in [0.29, 0.717) is 18.1 Å². The molecule has 0 bridgehead atoms. The van der Waals surface area contributed by atoms with Crippen molar-refractivity contribution >= 4 is 23.4 Å². The van der Waals surface area contributed by atoms with Crippen molar-refractivity contribution in [2.24, 2.45) is 5.92 Å². The zero-order valence-corrected chi connectivity index (χ0v) is 17.7. The van der Waals surface area contributed by atoms with Crippen LogP contribution in [0.2, 0.25) is 0 Å². The first-order valence-electron chi connectivity index (χ1n) is 10.7. The molecule has 2 aromatic rings. The van der Waals surface area contributed by atoms with Crippen molar-refractivity contribution in [1.82, 2.24) is 15.3 Å². The molecule has 1 fully saturated rings. The van der Waals surface area contributed by atoms with Crippen LogP contribution in [0.25, 0.3) is 0 Å². The Morgan fingerprint density at radius 3 is 2.87 bits per heavy atom. The number of nitriles is 1. The third kappa shape index (κ3) is 4.09. The summed E-state index contributed by atoms with van der Waals surface area (Å²) < 4.78 is 0. The summed E-state index contributed by atoms with van der Waals surface area (Å²) in [7, 11) is 1.70. The smallest absolute Gasteiger partial charge is 0.229 e. The van der Waals surface area contributed by atoms with E-state index in [1.54, 1.807) is 7.05 Å². The Labute approximate surface area is 177 Å². The lowest BCUT2D eigenvalue weighted by molar-refractivity contribution is -0.124. The zero-order valence-electron chi connectivity index (χ0n) is 17.7. The predicted molar refractivity (Wildman–Crippen MR) is 117 cm³/mol. The zero-order chi connectivity index (χ0) is 21.1. The molecule has 1 atom stereocenters. The van der Waals surface area contributed by atoms with Gasteiger partial charge in [0.15, 0.2) is 0 Å². The molecule has 0 radical (unpaired) electrons. The summed E-state index contributed by atoms with van der Waals surface area (Å²) in [6.45, 7) is 3.51. The Hall–Kier alpha value is -3.14. The molecule has 156 valence electrons. The number of hydrogen-bond acceptors (Lipinski definition) is 6. The number of anilines is 3. The highest BCUT2D eigenvalue weighted by Gasteiger charge is 2.29. The molecule has 1 aromatic carbocycles. The lowest BCUT2D eigenvalue weighted by atomic mass is 9.93. The van der Waals surface area contributed by atoms with Gasteiger partial charge in [-0.2, -0.15) is 10.2 Å². The molecule has 1 unspecified atom stereocenters. The van der Waals surface area contributed by atoms with Gasteiger partial charge >= 0.3 is 0 Å². The fraction of sp³-hybridized carbons (Fsp3) is 0.478. The van der Waals surface area contributed by atoms with E-state index < -0.39 is 0 Å². The molecule has 7 nitrogen and oxygen atoms in total. The van der Waals surface area contributed by atoms with Gasteiger partial charge in [-0.25, -0.2) is 4.98 Å².